The van der Waals surface area contributed by atoms with Crippen LogP contribution < -0.4 is 4.74 Å². The first-order valence-corrected chi connectivity index (χ1v) is 10.0. The highest BCUT2D eigenvalue weighted by Crippen LogP contribution is 2.34. The summed E-state index contributed by atoms with van der Waals surface area (Å²) in [7, 11) is 0. The maximum absolute atomic E-state index is 12.8. The molecule has 5 heteroatoms. The minimum Gasteiger partial charge on any atom is -0.457 e. The van der Waals surface area contributed by atoms with E-state index in [2.05, 4.69) is 0 Å². The van der Waals surface area contributed by atoms with Crippen molar-refractivity contribution in [2.45, 2.75) is 13.5 Å². The highest BCUT2D eigenvalue weighted by molar-refractivity contribution is 8.18. The number of benzene rings is 3. The molecule has 3 aromatic rings. The molecule has 0 unspecified atom stereocenters. The van der Waals surface area contributed by atoms with Crippen molar-refractivity contribution in [3.63, 3.8) is 0 Å². The average molecular weight is 401 g/mol. The Kier molecular flexibility index (Phi) is 5.49. The van der Waals surface area contributed by atoms with Crippen LogP contribution in [0.1, 0.15) is 16.7 Å². The number of imide groups is 1. The van der Waals surface area contributed by atoms with E-state index in [9.17, 15) is 9.59 Å². The molecule has 4 nitrogen and oxygen atoms in total. The van der Waals surface area contributed by atoms with Crippen LogP contribution in [0.3, 0.4) is 0 Å². The van der Waals surface area contributed by atoms with Crippen LogP contribution in [0.25, 0.3) is 6.08 Å². The molecular formula is C24H19NO3S. The number of amides is 2. The number of rotatable bonds is 5. The van der Waals surface area contributed by atoms with Crippen molar-refractivity contribution >= 4 is 29.0 Å². The van der Waals surface area contributed by atoms with E-state index < -0.39 is 0 Å². The van der Waals surface area contributed by atoms with Crippen molar-refractivity contribution in [3.05, 3.63) is 100 Å². The van der Waals surface area contributed by atoms with Crippen LogP contribution in [0.5, 0.6) is 11.5 Å². The standard InChI is InChI=1S/C24H19NO3S/c1-17-10-12-18(13-11-17)16-25-23(26)22(29-24(25)27)15-19-6-5-9-21(14-19)28-20-7-3-2-4-8-20/h2-15H,16H2,1H3/b22-15-. The zero-order valence-electron chi connectivity index (χ0n) is 15.9. The molecule has 144 valence electrons. The molecule has 0 atom stereocenters. The van der Waals surface area contributed by atoms with Gasteiger partial charge in [0, 0.05) is 0 Å². The summed E-state index contributed by atoms with van der Waals surface area (Å²) >= 11 is 0.967. The first-order chi connectivity index (χ1) is 14.1. The summed E-state index contributed by atoms with van der Waals surface area (Å²) < 4.78 is 5.84. The maximum Gasteiger partial charge on any atom is 0.293 e. The van der Waals surface area contributed by atoms with E-state index in [1.807, 2.05) is 85.8 Å². The van der Waals surface area contributed by atoms with Gasteiger partial charge in [-0.25, -0.2) is 0 Å². The highest BCUT2D eigenvalue weighted by Gasteiger charge is 2.34. The van der Waals surface area contributed by atoms with Gasteiger partial charge in [-0.15, -0.1) is 0 Å². The van der Waals surface area contributed by atoms with E-state index in [4.69, 9.17) is 4.74 Å². The zero-order valence-corrected chi connectivity index (χ0v) is 16.7. The maximum atomic E-state index is 12.8. The third-order valence-electron chi connectivity index (χ3n) is 4.47. The van der Waals surface area contributed by atoms with Crippen molar-refractivity contribution in [1.29, 1.82) is 0 Å². The Labute approximate surface area is 173 Å². The first-order valence-electron chi connectivity index (χ1n) is 9.22. The molecule has 0 spiro atoms. The third kappa shape index (κ3) is 4.58. The molecular weight excluding hydrogens is 382 g/mol. The molecule has 1 saturated heterocycles. The van der Waals surface area contributed by atoms with E-state index in [0.717, 1.165) is 34.2 Å². The van der Waals surface area contributed by atoms with Gasteiger partial charge < -0.3 is 4.74 Å². The van der Waals surface area contributed by atoms with Crippen molar-refractivity contribution in [2.75, 3.05) is 0 Å². The topological polar surface area (TPSA) is 46.6 Å². The Morgan fingerprint density at radius 1 is 0.897 bits per heavy atom. The number of aryl methyl sites for hydroxylation is 1. The summed E-state index contributed by atoms with van der Waals surface area (Å²) in [4.78, 5) is 26.8. The van der Waals surface area contributed by atoms with Crippen LogP contribution in [0, 0.1) is 6.92 Å². The van der Waals surface area contributed by atoms with Crippen molar-refractivity contribution < 1.29 is 14.3 Å². The second-order valence-corrected chi connectivity index (χ2v) is 7.73. The summed E-state index contributed by atoms with van der Waals surface area (Å²) in [6.45, 7) is 2.28. The SMILES string of the molecule is Cc1ccc(CN2C(=O)S/C(=C\c3cccc(Oc4ccccc4)c3)C2=O)cc1. The largest absolute Gasteiger partial charge is 0.457 e. The zero-order chi connectivity index (χ0) is 20.2. The molecule has 1 heterocycles. The number of carbonyl (C=O) groups is 2. The molecule has 1 aliphatic heterocycles. The van der Waals surface area contributed by atoms with Gasteiger partial charge >= 0.3 is 0 Å². The van der Waals surface area contributed by atoms with E-state index in [1.54, 1.807) is 6.08 Å². The number of carbonyl (C=O) groups excluding carboxylic acids is 2. The van der Waals surface area contributed by atoms with E-state index in [-0.39, 0.29) is 17.7 Å². The van der Waals surface area contributed by atoms with E-state index >= 15 is 0 Å². The lowest BCUT2D eigenvalue weighted by Crippen LogP contribution is -2.27. The number of nitrogens with zero attached hydrogens (tertiary/aromatic N) is 1. The summed E-state index contributed by atoms with van der Waals surface area (Å²) in [6, 6.07) is 24.8. The highest BCUT2D eigenvalue weighted by atomic mass is 32.2. The predicted octanol–water partition coefficient (Wildman–Crippen LogP) is 6.02. The fourth-order valence-electron chi connectivity index (χ4n) is 2.96. The van der Waals surface area contributed by atoms with Gasteiger partial charge in [-0.2, -0.15) is 0 Å². The van der Waals surface area contributed by atoms with Crippen LogP contribution in [0.15, 0.2) is 83.8 Å². The van der Waals surface area contributed by atoms with Gasteiger partial charge in [0.1, 0.15) is 11.5 Å². The molecule has 3 aromatic carbocycles. The van der Waals surface area contributed by atoms with E-state index in [1.165, 1.54) is 4.90 Å². The second-order valence-electron chi connectivity index (χ2n) is 6.74. The molecule has 1 fully saturated rings. The molecule has 0 N–H and O–H groups in total. The minimum atomic E-state index is -0.269. The van der Waals surface area contributed by atoms with E-state index in [0.29, 0.717) is 10.7 Å². The number of hydrogen-bond donors (Lipinski definition) is 0. The molecule has 0 bridgehead atoms. The lowest BCUT2D eigenvalue weighted by Gasteiger charge is -2.12. The summed E-state index contributed by atoms with van der Waals surface area (Å²) in [5.41, 5.74) is 2.87. The third-order valence-corrected chi connectivity index (χ3v) is 5.38. The Bertz CT molecular complexity index is 1070. The first kappa shape index (κ1) is 19.0. The molecule has 1 aliphatic rings. The number of ether oxygens (including phenoxy) is 1. The van der Waals surface area contributed by atoms with Gasteiger partial charge in [-0.3, -0.25) is 14.5 Å². The Balaban J connectivity index is 1.51. The molecule has 2 amide bonds. The predicted molar refractivity (Wildman–Crippen MR) is 116 cm³/mol. The normalized spacial score (nSPS) is 15.2. The smallest absolute Gasteiger partial charge is 0.293 e. The minimum absolute atomic E-state index is 0.251. The molecule has 4 rings (SSSR count). The Morgan fingerprint density at radius 2 is 1.62 bits per heavy atom. The van der Waals surface area contributed by atoms with Crippen molar-refractivity contribution in [2.24, 2.45) is 0 Å². The Hall–Kier alpha value is -3.31. The van der Waals surface area contributed by atoms with Gasteiger partial charge in [0.05, 0.1) is 11.4 Å². The van der Waals surface area contributed by atoms with Crippen molar-refractivity contribution in [3.8, 4) is 11.5 Å². The average Bonchev–Trinajstić information content (AvgIpc) is 2.98. The van der Waals surface area contributed by atoms with Gasteiger partial charge in [0.15, 0.2) is 0 Å². The fraction of sp³-hybridized carbons (Fsp3) is 0.0833. The lowest BCUT2D eigenvalue weighted by molar-refractivity contribution is -0.123. The van der Waals surface area contributed by atoms with Gasteiger partial charge in [-0.1, -0.05) is 60.2 Å². The molecule has 0 radical (unpaired) electrons. The Morgan fingerprint density at radius 3 is 2.38 bits per heavy atom. The number of para-hydroxylation sites is 1. The molecule has 29 heavy (non-hydrogen) atoms. The quantitative estimate of drug-likeness (QED) is 0.490. The molecule has 0 aliphatic carbocycles. The summed E-state index contributed by atoms with van der Waals surface area (Å²) in [5.74, 6) is 1.14. The van der Waals surface area contributed by atoms with Gasteiger partial charge in [0.25, 0.3) is 11.1 Å². The summed E-state index contributed by atoms with van der Waals surface area (Å²) in [5, 5.41) is -0.251. The second kappa shape index (κ2) is 8.37. The van der Waals surface area contributed by atoms with Crippen LogP contribution >= 0.6 is 11.8 Å². The lowest BCUT2D eigenvalue weighted by atomic mass is 10.1. The van der Waals surface area contributed by atoms with Crippen molar-refractivity contribution in [1.82, 2.24) is 4.90 Å². The van der Waals surface area contributed by atoms with Crippen LogP contribution in [0.2, 0.25) is 0 Å². The van der Waals surface area contributed by atoms with Gasteiger partial charge in [-0.05, 0) is 60.2 Å². The van der Waals surface area contributed by atoms with Crippen LogP contribution in [0.4, 0.5) is 4.79 Å². The van der Waals surface area contributed by atoms with Crippen LogP contribution in [-0.2, 0) is 11.3 Å². The number of thioether (sulfide) groups is 1. The molecule has 0 aromatic heterocycles. The molecule has 0 saturated carbocycles. The summed E-state index contributed by atoms with van der Waals surface area (Å²) in [6.07, 6.45) is 1.73. The fourth-order valence-corrected chi connectivity index (χ4v) is 3.79. The number of hydrogen-bond acceptors (Lipinski definition) is 4. The monoisotopic (exact) mass is 401 g/mol. The van der Waals surface area contributed by atoms with Gasteiger partial charge in [0.2, 0.25) is 0 Å². The van der Waals surface area contributed by atoms with Crippen LogP contribution in [-0.4, -0.2) is 16.0 Å².